The maximum Gasteiger partial charge on any atom is 0.132 e. The smallest absolute Gasteiger partial charge is 0.132 e. The van der Waals surface area contributed by atoms with Gasteiger partial charge in [-0.25, -0.2) is 0 Å². The molecule has 0 amide bonds. The van der Waals surface area contributed by atoms with Crippen molar-refractivity contribution in [2.75, 3.05) is 5.73 Å². The molecular formula is C30H47NO. The van der Waals surface area contributed by atoms with Crippen LogP contribution in [0.4, 0.5) is 5.69 Å². The van der Waals surface area contributed by atoms with Gasteiger partial charge in [0, 0.05) is 11.3 Å². The number of para-hydroxylation sites is 1. The van der Waals surface area contributed by atoms with E-state index in [0.29, 0.717) is 0 Å². The van der Waals surface area contributed by atoms with Crippen molar-refractivity contribution in [3.63, 3.8) is 0 Å². The number of nitrogens with two attached hydrogens (primary N) is 1. The average molecular weight is 438 g/mol. The monoisotopic (exact) mass is 437 g/mol. The van der Waals surface area contributed by atoms with Crippen LogP contribution in [0.2, 0.25) is 0 Å². The lowest BCUT2D eigenvalue weighted by atomic mass is 10.0. The van der Waals surface area contributed by atoms with E-state index in [1.54, 1.807) is 0 Å². The third-order valence-electron chi connectivity index (χ3n) is 6.44. The van der Waals surface area contributed by atoms with Crippen LogP contribution in [-0.2, 0) is 12.8 Å². The maximum atomic E-state index is 6.46. The molecule has 2 heteroatoms. The summed E-state index contributed by atoms with van der Waals surface area (Å²) in [4.78, 5) is 0. The highest BCUT2D eigenvalue weighted by Gasteiger charge is 2.11. The molecule has 2 aromatic rings. The lowest BCUT2D eigenvalue weighted by Gasteiger charge is -2.16. The second kappa shape index (κ2) is 16.6. The first kappa shape index (κ1) is 26.3. The van der Waals surface area contributed by atoms with Crippen LogP contribution in [0.25, 0.3) is 0 Å². The predicted octanol–water partition coefficient (Wildman–Crippen LogP) is 9.65. The van der Waals surface area contributed by atoms with Crippen LogP contribution >= 0.6 is 0 Å². The van der Waals surface area contributed by atoms with Crippen molar-refractivity contribution in [2.45, 2.75) is 117 Å². The Morgan fingerprint density at radius 1 is 0.562 bits per heavy atom. The molecule has 32 heavy (non-hydrogen) atoms. The molecule has 0 aliphatic carbocycles. The van der Waals surface area contributed by atoms with Gasteiger partial charge in [0.15, 0.2) is 0 Å². The standard InChI is InChI=1S/C30H47NO/c1-3-5-7-9-11-13-15-20-26-21-17-18-24-29(26)32-30-25-19-23-28(31)27(30)22-16-14-12-10-8-6-4-2/h17-19,21,23-25H,3-16,20,22,31H2,1-2H3. The highest BCUT2D eigenvalue weighted by Crippen LogP contribution is 2.33. The SMILES string of the molecule is CCCCCCCCCc1ccccc1Oc1cccc(N)c1CCCCCCCCC. The number of rotatable bonds is 18. The zero-order valence-corrected chi connectivity index (χ0v) is 20.8. The highest BCUT2D eigenvalue weighted by molar-refractivity contribution is 5.55. The van der Waals surface area contributed by atoms with Crippen LogP contribution in [0.15, 0.2) is 42.5 Å². The molecule has 0 fully saturated rings. The van der Waals surface area contributed by atoms with E-state index in [0.717, 1.165) is 30.0 Å². The first-order valence-electron chi connectivity index (χ1n) is 13.4. The molecule has 2 rings (SSSR count). The number of anilines is 1. The molecule has 0 spiro atoms. The number of hydrogen-bond acceptors (Lipinski definition) is 2. The van der Waals surface area contributed by atoms with Crippen molar-refractivity contribution in [2.24, 2.45) is 0 Å². The zero-order valence-electron chi connectivity index (χ0n) is 20.8. The topological polar surface area (TPSA) is 35.2 Å². The molecule has 0 radical (unpaired) electrons. The van der Waals surface area contributed by atoms with E-state index in [1.165, 1.54) is 101 Å². The Hall–Kier alpha value is -1.96. The summed E-state index contributed by atoms with van der Waals surface area (Å²) in [6, 6.07) is 14.6. The molecule has 0 heterocycles. The lowest BCUT2D eigenvalue weighted by Crippen LogP contribution is -2.00. The number of unbranched alkanes of at least 4 members (excludes halogenated alkanes) is 12. The first-order chi connectivity index (χ1) is 15.8. The van der Waals surface area contributed by atoms with Crippen molar-refractivity contribution in [1.29, 1.82) is 0 Å². The van der Waals surface area contributed by atoms with Crippen molar-refractivity contribution in [3.05, 3.63) is 53.6 Å². The Bertz CT molecular complexity index is 739. The van der Waals surface area contributed by atoms with Gasteiger partial charge in [-0.2, -0.15) is 0 Å². The van der Waals surface area contributed by atoms with E-state index in [2.05, 4.69) is 44.2 Å². The van der Waals surface area contributed by atoms with Crippen LogP contribution in [-0.4, -0.2) is 0 Å². The third kappa shape index (κ3) is 10.1. The fourth-order valence-corrected chi connectivity index (χ4v) is 4.41. The Balaban J connectivity index is 1.88. The first-order valence-corrected chi connectivity index (χ1v) is 13.4. The molecule has 0 saturated carbocycles. The number of ether oxygens (including phenoxy) is 1. The number of benzene rings is 2. The Morgan fingerprint density at radius 2 is 1.09 bits per heavy atom. The molecule has 0 aliphatic rings. The molecule has 0 saturated heterocycles. The van der Waals surface area contributed by atoms with Gasteiger partial charge in [-0.3, -0.25) is 0 Å². The van der Waals surface area contributed by atoms with E-state index in [9.17, 15) is 0 Å². The van der Waals surface area contributed by atoms with Crippen LogP contribution in [0.5, 0.6) is 11.5 Å². The Labute approximate surface area is 198 Å². The van der Waals surface area contributed by atoms with Gasteiger partial charge in [-0.15, -0.1) is 0 Å². The molecule has 0 bridgehead atoms. The van der Waals surface area contributed by atoms with Crippen molar-refractivity contribution < 1.29 is 4.74 Å². The summed E-state index contributed by atoms with van der Waals surface area (Å²) in [6.07, 6.45) is 20.6. The zero-order chi connectivity index (χ0) is 22.9. The normalized spacial score (nSPS) is 11.1. The Morgan fingerprint density at radius 3 is 1.75 bits per heavy atom. The van der Waals surface area contributed by atoms with E-state index >= 15 is 0 Å². The summed E-state index contributed by atoms with van der Waals surface area (Å²) < 4.78 is 6.46. The van der Waals surface area contributed by atoms with Crippen molar-refractivity contribution in [1.82, 2.24) is 0 Å². The lowest BCUT2D eigenvalue weighted by molar-refractivity contribution is 0.466. The van der Waals surface area contributed by atoms with Gasteiger partial charge in [-0.05, 0) is 49.4 Å². The number of aryl methyl sites for hydroxylation is 1. The van der Waals surface area contributed by atoms with Gasteiger partial charge in [0.25, 0.3) is 0 Å². The fourth-order valence-electron chi connectivity index (χ4n) is 4.41. The van der Waals surface area contributed by atoms with Crippen molar-refractivity contribution in [3.8, 4) is 11.5 Å². The van der Waals surface area contributed by atoms with E-state index in [-0.39, 0.29) is 0 Å². The molecule has 2 N–H and O–H groups in total. The second-order valence-electron chi connectivity index (χ2n) is 9.28. The van der Waals surface area contributed by atoms with Gasteiger partial charge in [0.2, 0.25) is 0 Å². The average Bonchev–Trinajstić information content (AvgIpc) is 2.80. The van der Waals surface area contributed by atoms with Gasteiger partial charge in [0.1, 0.15) is 11.5 Å². The minimum atomic E-state index is 0.859. The molecule has 2 aromatic carbocycles. The Kier molecular flexibility index (Phi) is 13.7. The maximum absolute atomic E-state index is 6.46. The van der Waals surface area contributed by atoms with Crippen LogP contribution in [0, 0.1) is 0 Å². The van der Waals surface area contributed by atoms with Gasteiger partial charge in [-0.1, -0.05) is 115 Å². The van der Waals surface area contributed by atoms with Gasteiger partial charge >= 0.3 is 0 Å². The summed E-state index contributed by atoms with van der Waals surface area (Å²) in [5.74, 6) is 1.92. The minimum absolute atomic E-state index is 0.859. The van der Waals surface area contributed by atoms with Gasteiger partial charge < -0.3 is 10.5 Å². The summed E-state index contributed by atoms with van der Waals surface area (Å²) in [5.41, 5.74) is 9.70. The fraction of sp³-hybridized carbons (Fsp3) is 0.600. The van der Waals surface area contributed by atoms with Crippen molar-refractivity contribution >= 4 is 5.69 Å². The summed E-state index contributed by atoms with van der Waals surface area (Å²) in [5, 5.41) is 0. The highest BCUT2D eigenvalue weighted by atomic mass is 16.5. The predicted molar refractivity (Wildman–Crippen MR) is 141 cm³/mol. The molecule has 2 nitrogen and oxygen atoms in total. The molecule has 0 aromatic heterocycles. The van der Waals surface area contributed by atoms with Gasteiger partial charge in [0.05, 0.1) is 0 Å². The van der Waals surface area contributed by atoms with Crippen LogP contribution < -0.4 is 10.5 Å². The third-order valence-corrected chi connectivity index (χ3v) is 6.44. The molecule has 0 unspecified atom stereocenters. The number of hydrogen-bond donors (Lipinski definition) is 1. The van der Waals surface area contributed by atoms with E-state index in [1.807, 2.05) is 12.1 Å². The molecule has 0 aliphatic heterocycles. The molecule has 0 atom stereocenters. The second-order valence-corrected chi connectivity index (χ2v) is 9.28. The summed E-state index contributed by atoms with van der Waals surface area (Å²) in [7, 11) is 0. The minimum Gasteiger partial charge on any atom is -0.457 e. The van der Waals surface area contributed by atoms with Crippen LogP contribution in [0.1, 0.15) is 115 Å². The molecule has 178 valence electrons. The van der Waals surface area contributed by atoms with Crippen LogP contribution in [0.3, 0.4) is 0 Å². The van der Waals surface area contributed by atoms with E-state index < -0.39 is 0 Å². The molecular weight excluding hydrogens is 390 g/mol. The largest absolute Gasteiger partial charge is 0.457 e. The summed E-state index contributed by atoms with van der Waals surface area (Å²) >= 11 is 0. The quantitative estimate of drug-likeness (QED) is 0.186. The number of nitrogen functional groups attached to an aromatic ring is 1. The summed E-state index contributed by atoms with van der Waals surface area (Å²) in [6.45, 7) is 4.55. The van der Waals surface area contributed by atoms with E-state index in [4.69, 9.17) is 10.5 Å².